The van der Waals surface area contributed by atoms with E-state index in [4.69, 9.17) is 9.85 Å². The van der Waals surface area contributed by atoms with E-state index in [0.717, 1.165) is 15.7 Å². The summed E-state index contributed by atoms with van der Waals surface area (Å²) < 4.78 is 23.6. The third kappa shape index (κ3) is 1.54. The van der Waals surface area contributed by atoms with Crippen LogP contribution in [0, 0.1) is 0 Å². The van der Waals surface area contributed by atoms with Gasteiger partial charge in [-0.15, -0.1) is 0 Å². The Morgan fingerprint density at radius 1 is 1.24 bits per heavy atom. The maximum Gasteiger partial charge on any atom is 0.202 e. The van der Waals surface area contributed by atoms with Crippen LogP contribution in [0.15, 0.2) is 42.6 Å². The third-order valence-corrected chi connectivity index (χ3v) is 2.64. The van der Waals surface area contributed by atoms with Crippen molar-refractivity contribution in [2.75, 3.05) is 5.73 Å². The van der Waals surface area contributed by atoms with Gasteiger partial charge in [0.2, 0.25) is 5.95 Å². The maximum atomic E-state index is 7.54. The molecule has 0 atom stereocenters. The van der Waals surface area contributed by atoms with E-state index < -0.39 is 6.98 Å². The summed E-state index contributed by atoms with van der Waals surface area (Å²) in [6.07, 6.45) is 1.66. The summed E-state index contributed by atoms with van der Waals surface area (Å²) in [5, 5.41) is 0. The van der Waals surface area contributed by atoms with E-state index >= 15 is 0 Å². The molecule has 0 saturated carbocycles. The molecule has 0 spiro atoms. The van der Waals surface area contributed by atoms with Gasteiger partial charge in [-0.2, -0.15) is 4.98 Å². The molecule has 0 fully saturated rings. The van der Waals surface area contributed by atoms with Gasteiger partial charge >= 0.3 is 0 Å². The molecule has 4 nitrogen and oxygen atoms in total. The molecule has 2 heterocycles. The fourth-order valence-electron chi connectivity index (χ4n) is 1.77. The van der Waals surface area contributed by atoms with Crippen LogP contribution in [0.1, 0.15) is 4.11 Å². The fourth-order valence-corrected chi connectivity index (χ4v) is 1.77. The molecule has 3 rings (SSSR count). The molecule has 0 aliphatic heterocycles. The number of hydrogen-bond donors (Lipinski definition) is 1. The standard InChI is InChI=1S/C13H12N4/c1-17-11-7-10(9-5-3-2-4-6-9)8-15-12(11)16-13(17)14/h2-8H,1H3,(H2,14,15,16)/i1D3. The maximum absolute atomic E-state index is 7.54. The Bertz CT molecular complexity index is 762. The molecular formula is C13H12N4. The van der Waals surface area contributed by atoms with E-state index in [-0.39, 0.29) is 5.95 Å². The van der Waals surface area contributed by atoms with Crippen LogP contribution in [0.3, 0.4) is 0 Å². The number of aryl methyl sites for hydroxylation is 1. The molecule has 0 saturated heterocycles. The highest BCUT2D eigenvalue weighted by Crippen LogP contribution is 2.22. The summed E-state index contributed by atoms with van der Waals surface area (Å²) in [4.78, 5) is 8.17. The predicted molar refractivity (Wildman–Crippen MR) is 68.4 cm³/mol. The lowest BCUT2D eigenvalue weighted by molar-refractivity contribution is 0.965. The molecule has 1 aromatic carbocycles. The first-order chi connectivity index (χ1) is 9.47. The summed E-state index contributed by atoms with van der Waals surface area (Å²) >= 11 is 0. The normalized spacial score (nSPS) is 14.2. The predicted octanol–water partition coefficient (Wildman–Crippen LogP) is 2.22. The van der Waals surface area contributed by atoms with Gasteiger partial charge in [0, 0.05) is 22.8 Å². The van der Waals surface area contributed by atoms with Gasteiger partial charge in [0.25, 0.3) is 0 Å². The van der Waals surface area contributed by atoms with Crippen molar-refractivity contribution in [2.24, 2.45) is 6.98 Å². The summed E-state index contributed by atoms with van der Waals surface area (Å²) in [6.45, 7) is -2.38. The Kier molecular flexibility index (Phi) is 1.49. The number of nitrogens with zero attached hydrogens (tertiary/aromatic N) is 3. The molecule has 17 heavy (non-hydrogen) atoms. The lowest BCUT2D eigenvalue weighted by Crippen LogP contribution is -1.96. The second-order valence-electron chi connectivity index (χ2n) is 3.74. The number of aromatic nitrogens is 3. The SMILES string of the molecule is [2H]C([2H])([2H])n1c(N)nc2ncc(-c3ccccc3)cc21. The van der Waals surface area contributed by atoms with Crippen molar-refractivity contribution in [3.8, 4) is 11.1 Å². The number of nitrogen functional groups attached to an aromatic ring is 1. The number of imidazole rings is 1. The molecule has 3 aromatic rings. The molecule has 0 unspecified atom stereocenters. The van der Waals surface area contributed by atoms with Crippen LogP contribution in [0.5, 0.6) is 0 Å². The van der Waals surface area contributed by atoms with Crippen LogP contribution in [-0.2, 0) is 6.98 Å². The monoisotopic (exact) mass is 227 g/mol. The van der Waals surface area contributed by atoms with E-state index in [1.54, 1.807) is 12.3 Å². The van der Waals surface area contributed by atoms with Crippen molar-refractivity contribution in [2.45, 2.75) is 0 Å². The quantitative estimate of drug-likeness (QED) is 0.693. The molecule has 4 heteroatoms. The lowest BCUT2D eigenvalue weighted by atomic mass is 10.1. The van der Waals surface area contributed by atoms with Crippen molar-refractivity contribution in [1.82, 2.24) is 14.5 Å². The molecule has 0 bridgehead atoms. The largest absolute Gasteiger partial charge is 0.369 e. The molecular weight excluding hydrogens is 212 g/mol. The van der Waals surface area contributed by atoms with E-state index in [1.807, 2.05) is 30.3 Å². The molecule has 84 valence electrons. The van der Waals surface area contributed by atoms with Gasteiger partial charge in [-0.25, -0.2) is 4.98 Å². The Balaban J connectivity index is 2.25. The van der Waals surface area contributed by atoms with E-state index in [9.17, 15) is 0 Å². The molecule has 0 amide bonds. The smallest absolute Gasteiger partial charge is 0.202 e. The zero-order valence-corrected chi connectivity index (χ0v) is 8.96. The summed E-state index contributed by atoms with van der Waals surface area (Å²) in [5.41, 5.74) is 8.20. The highest BCUT2D eigenvalue weighted by Gasteiger charge is 2.07. The van der Waals surface area contributed by atoms with Crippen LogP contribution < -0.4 is 5.73 Å². The minimum Gasteiger partial charge on any atom is -0.369 e. The van der Waals surface area contributed by atoms with Crippen molar-refractivity contribution < 1.29 is 4.11 Å². The topological polar surface area (TPSA) is 56.7 Å². The Labute approximate surface area is 103 Å². The van der Waals surface area contributed by atoms with Crippen molar-refractivity contribution in [1.29, 1.82) is 0 Å². The van der Waals surface area contributed by atoms with E-state index in [1.165, 1.54) is 0 Å². The fraction of sp³-hybridized carbons (Fsp3) is 0.0769. The number of benzene rings is 1. The van der Waals surface area contributed by atoms with Gasteiger partial charge in [-0.3, -0.25) is 0 Å². The number of anilines is 1. The second-order valence-corrected chi connectivity index (χ2v) is 3.74. The Hall–Kier alpha value is -2.36. The van der Waals surface area contributed by atoms with E-state index in [0.29, 0.717) is 11.2 Å². The Morgan fingerprint density at radius 3 is 2.82 bits per heavy atom. The van der Waals surface area contributed by atoms with Crippen LogP contribution >= 0.6 is 0 Å². The second kappa shape index (κ2) is 3.59. The minimum atomic E-state index is -2.38. The van der Waals surface area contributed by atoms with Crippen molar-refractivity contribution in [3.05, 3.63) is 42.6 Å². The lowest BCUT2D eigenvalue weighted by Gasteiger charge is -2.01. The molecule has 0 aliphatic carbocycles. The van der Waals surface area contributed by atoms with Gasteiger partial charge in [-0.05, 0) is 11.6 Å². The number of rotatable bonds is 1. The molecule has 0 aliphatic rings. The first-order valence-corrected chi connectivity index (χ1v) is 5.17. The number of pyridine rings is 1. The summed E-state index contributed by atoms with van der Waals surface area (Å²) in [6, 6.07) is 11.3. The highest BCUT2D eigenvalue weighted by atomic mass is 15.2. The van der Waals surface area contributed by atoms with Gasteiger partial charge in [0.05, 0.1) is 5.52 Å². The molecule has 2 N–H and O–H groups in total. The number of hydrogen-bond acceptors (Lipinski definition) is 3. The highest BCUT2D eigenvalue weighted by molar-refractivity contribution is 5.80. The number of fused-ring (bicyclic) bond motifs is 1. The zero-order valence-electron chi connectivity index (χ0n) is 12.0. The van der Waals surface area contributed by atoms with Gasteiger partial charge in [0.1, 0.15) is 0 Å². The summed E-state index contributed by atoms with van der Waals surface area (Å²) in [7, 11) is 0. The minimum absolute atomic E-state index is 0.0577. The van der Waals surface area contributed by atoms with Gasteiger partial charge < -0.3 is 10.3 Å². The Morgan fingerprint density at radius 2 is 2.06 bits per heavy atom. The van der Waals surface area contributed by atoms with Crippen LogP contribution in [0.25, 0.3) is 22.3 Å². The van der Waals surface area contributed by atoms with Crippen LogP contribution in [0.2, 0.25) is 0 Å². The molecule has 0 radical (unpaired) electrons. The van der Waals surface area contributed by atoms with E-state index in [2.05, 4.69) is 9.97 Å². The van der Waals surface area contributed by atoms with Crippen LogP contribution in [0.4, 0.5) is 5.95 Å². The number of nitrogens with two attached hydrogens (primary N) is 1. The van der Waals surface area contributed by atoms with Crippen molar-refractivity contribution in [3.63, 3.8) is 0 Å². The van der Waals surface area contributed by atoms with Gasteiger partial charge in [-0.1, -0.05) is 30.3 Å². The van der Waals surface area contributed by atoms with Crippen LogP contribution in [-0.4, -0.2) is 14.5 Å². The summed E-state index contributed by atoms with van der Waals surface area (Å²) in [5.74, 6) is -0.0577. The van der Waals surface area contributed by atoms with Gasteiger partial charge in [0.15, 0.2) is 5.65 Å². The zero-order chi connectivity index (χ0) is 14.3. The average Bonchev–Trinajstić information content (AvgIpc) is 2.74. The van der Waals surface area contributed by atoms with Crippen molar-refractivity contribution >= 4 is 17.1 Å². The third-order valence-electron chi connectivity index (χ3n) is 2.64. The first kappa shape index (κ1) is 7.06. The molecule has 2 aromatic heterocycles. The first-order valence-electron chi connectivity index (χ1n) is 6.67. The average molecular weight is 227 g/mol.